The van der Waals surface area contributed by atoms with Gasteiger partial charge in [-0.05, 0) is 34.8 Å². The van der Waals surface area contributed by atoms with E-state index in [4.69, 9.17) is 58.0 Å². The highest BCUT2D eigenvalue weighted by molar-refractivity contribution is 6.65. The molecule has 0 aromatic heterocycles. The van der Waals surface area contributed by atoms with Gasteiger partial charge in [0.25, 0.3) is 0 Å². The Labute approximate surface area is 94.3 Å². The first-order valence-corrected chi connectivity index (χ1v) is 4.49. The lowest BCUT2D eigenvalue weighted by molar-refractivity contribution is -0.491. The standard InChI is InChI=1S/C3H4Cl2.CCl3NO2/c4-2-1-3-5;2-1(3,4)5(6)7/h1-2H,3H2;. The van der Waals surface area contributed by atoms with Gasteiger partial charge in [-0.15, -0.1) is 11.6 Å². The Kier molecular flexibility index (Phi) is 10.3. The fourth-order valence-electron chi connectivity index (χ4n) is 0.0337. The molecule has 0 saturated heterocycles. The van der Waals surface area contributed by atoms with Gasteiger partial charge in [0.2, 0.25) is 0 Å². The van der Waals surface area contributed by atoms with Crippen molar-refractivity contribution < 1.29 is 4.92 Å². The average Bonchev–Trinajstić information content (AvgIpc) is 1.88. The van der Waals surface area contributed by atoms with E-state index >= 15 is 0 Å². The highest BCUT2D eigenvalue weighted by Crippen LogP contribution is 2.25. The van der Waals surface area contributed by atoms with Crippen LogP contribution in [0.25, 0.3) is 0 Å². The van der Waals surface area contributed by atoms with Gasteiger partial charge in [-0.3, -0.25) is 10.1 Å². The van der Waals surface area contributed by atoms with Crippen molar-refractivity contribution in [1.29, 1.82) is 0 Å². The maximum atomic E-state index is 9.43. The Morgan fingerprint density at radius 2 is 1.75 bits per heavy atom. The molecular formula is C4H4Cl5NO2. The number of rotatable bonds is 1. The predicted octanol–water partition coefficient (Wildman–Crippen LogP) is 3.57. The van der Waals surface area contributed by atoms with Crippen LogP contribution in [-0.2, 0) is 0 Å². The van der Waals surface area contributed by atoms with E-state index in [0.29, 0.717) is 5.88 Å². The van der Waals surface area contributed by atoms with Crippen LogP contribution in [0.4, 0.5) is 0 Å². The van der Waals surface area contributed by atoms with Gasteiger partial charge in [-0.2, -0.15) is 0 Å². The lowest BCUT2D eigenvalue weighted by Gasteiger charge is -1.96. The van der Waals surface area contributed by atoms with Crippen molar-refractivity contribution in [2.75, 3.05) is 5.88 Å². The summed E-state index contributed by atoms with van der Waals surface area (Å²) in [4.78, 5) is 8.41. The van der Waals surface area contributed by atoms with E-state index in [9.17, 15) is 10.1 Å². The molecule has 0 aliphatic heterocycles. The maximum Gasteiger partial charge on any atom is 0.449 e. The molecule has 0 aliphatic carbocycles. The molecule has 12 heavy (non-hydrogen) atoms. The summed E-state index contributed by atoms with van der Waals surface area (Å²) in [5, 5.41) is 9.43. The summed E-state index contributed by atoms with van der Waals surface area (Å²) < 4.78 is -2.36. The molecule has 0 fully saturated rings. The third-order valence-electron chi connectivity index (χ3n) is 0.385. The first kappa shape index (κ1) is 15.1. The topological polar surface area (TPSA) is 43.1 Å². The molecule has 0 saturated carbocycles. The zero-order chi connectivity index (χ0) is 10.2. The summed E-state index contributed by atoms with van der Waals surface area (Å²) in [6, 6.07) is 0. The molecular weight excluding hydrogens is 271 g/mol. The van der Waals surface area contributed by atoms with E-state index in [0.717, 1.165) is 0 Å². The molecule has 0 aliphatic rings. The van der Waals surface area contributed by atoms with Crippen LogP contribution >= 0.6 is 58.0 Å². The van der Waals surface area contributed by atoms with Gasteiger partial charge in [0.05, 0.1) is 4.92 Å². The fourth-order valence-corrected chi connectivity index (χ4v) is 0.303. The number of nitro groups is 1. The summed E-state index contributed by atoms with van der Waals surface area (Å²) in [6.07, 6.45) is 1.66. The lowest BCUT2D eigenvalue weighted by atomic mass is 10.8. The number of alkyl halides is 4. The number of halogens is 5. The van der Waals surface area contributed by atoms with Crippen LogP contribution in [0, 0.1) is 10.1 Å². The van der Waals surface area contributed by atoms with E-state index < -0.39 is 8.84 Å². The second-order valence-corrected chi connectivity index (χ2v) is 4.02. The quantitative estimate of drug-likeness (QED) is 0.318. The Morgan fingerprint density at radius 1 is 1.42 bits per heavy atom. The van der Waals surface area contributed by atoms with Gasteiger partial charge in [0.1, 0.15) is 0 Å². The molecule has 0 rings (SSSR count). The number of allylic oxidation sites excluding steroid dienone is 1. The summed E-state index contributed by atoms with van der Waals surface area (Å²) in [6.45, 7) is 0. The predicted molar refractivity (Wildman–Crippen MR) is 53.0 cm³/mol. The Balaban J connectivity index is 0. The molecule has 0 N–H and O–H groups in total. The van der Waals surface area contributed by atoms with Crippen molar-refractivity contribution in [2.45, 2.75) is 3.92 Å². The summed E-state index contributed by atoms with van der Waals surface area (Å²) in [7, 11) is 0. The normalized spacial score (nSPS) is 10.8. The average molecular weight is 275 g/mol. The third kappa shape index (κ3) is 13.2. The minimum absolute atomic E-state index is 0.503. The number of hydrogen-bond donors (Lipinski definition) is 0. The van der Waals surface area contributed by atoms with Crippen LogP contribution in [-0.4, -0.2) is 14.7 Å². The zero-order valence-electron chi connectivity index (χ0n) is 5.52. The summed E-state index contributed by atoms with van der Waals surface area (Å²) >= 11 is 24.3. The number of hydrogen-bond acceptors (Lipinski definition) is 2. The van der Waals surface area contributed by atoms with Crippen molar-refractivity contribution in [3.05, 3.63) is 21.7 Å². The van der Waals surface area contributed by atoms with Gasteiger partial charge in [0, 0.05) is 11.4 Å². The van der Waals surface area contributed by atoms with E-state index in [-0.39, 0.29) is 0 Å². The first-order chi connectivity index (χ1) is 5.36. The minimum Gasteiger partial charge on any atom is -0.260 e. The van der Waals surface area contributed by atoms with Crippen molar-refractivity contribution in [1.82, 2.24) is 0 Å². The van der Waals surface area contributed by atoms with E-state index in [1.165, 1.54) is 5.54 Å². The van der Waals surface area contributed by atoms with Gasteiger partial charge < -0.3 is 0 Å². The van der Waals surface area contributed by atoms with E-state index in [1.807, 2.05) is 0 Å². The van der Waals surface area contributed by atoms with Crippen LogP contribution in [0.2, 0.25) is 0 Å². The van der Waals surface area contributed by atoms with Gasteiger partial charge in [-0.1, -0.05) is 17.7 Å². The lowest BCUT2D eigenvalue weighted by Crippen LogP contribution is -2.15. The van der Waals surface area contributed by atoms with Crippen molar-refractivity contribution >= 4 is 58.0 Å². The van der Waals surface area contributed by atoms with Crippen LogP contribution in [0.5, 0.6) is 0 Å². The summed E-state index contributed by atoms with van der Waals surface area (Å²) in [5.41, 5.74) is 1.40. The van der Waals surface area contributed by atoms with Crippen molar-refractivity contribution in [2.24, 2.45) is 0 Å². The SMILES string of the molecule is ClC=CCCl.O=[N+]([O-])C(Cl)(Cl)Cl. The molecule has 0 aromatic carbocycles. The highest BCUT2D eigenvalue weighted by Gasteiger charge is 2.33. The zero-order valence-corrected chi connectivity index (χ0v) is 9.29. The highest BCUT2D eigenvalue weighted by atomic mass is 35.6. The van der Waals surface area contributed by atoms with E-state index in [1.54, 1.807) is 6.08 Å². The molecule has 72 valence electrons. The molecule has 8 heteroatoms. The maximum absolute atomic E-state index is 9.43. The van der Waals surface area contributed by atoms with Crippen molar-refractivity contribution in [3.8, 4) is 0 Å². The third-order valence-corrected chi connectivity index (χ3v) is 1.16. The fraction of sp³-hybridized carbons (Fsp3) is 0.500. The molecule has 0 atom stereocenters. The van der Waals surface area contributed by atoms with Gasteiger partial charge in [0.15, 0.2) is 0 Å². The second kappa shape index (κ2) is 8.20. The Morgan fingerprint density at radius 3 is 1.75 bits per heavy atom. The first-order valence-electron chi connectivity index (χ1n) is 2.38. The van der Waals surface area contributed by atoms with Gasteiger partial charge in [-0.25, -0.2) is 0 Å². The van der Waals surface area contributed by atoms with Gasteiger partial charge >= 0.3 is 3.92 Å². The smallest absolute Gasteiger partial charge is 0.260 e. The Hall–Kier alpha value is 0.590. The molecule has 0 amide bonds. The van der Waals surface area contributed by atoms with Crippen molar-refractivity contribution in [3.63, 3.8) is 0 Å². The monoisotopic (exact) mass is 273 g/mol. The number of nitrogens with zero attached hydrogens (tertiary/aromatic N) is 1. The molecule has 0 unspecified atom stereocenters. The minimum atomic E-state index is -2.36. The molecule has 0 spiro atoms. The summed E-state index contributed by atoms with van der Waals surface area (Å²) in [5.74, 6) is 0.503. The van der Waals surface area contributed by atoms with Crippen LogP contribution in [0.1, 0.15) is 0 Å². The molecule has 0 aromatic rings. The Bertz CT molecular complexity index is 154. The largest absolute Gasteiger partial charge is 0.449 e. The van der Waals surface area contributed by atoms with Crippen LogP contribution < -0.4 is 0 Å². The van der Waals surface area contributed by atoms with Crippen LogP contribution in [0.3, 0.4) is 0 Å². The molecule has 0 bridgehead atoms. The molecule has 3 nitrogen and oxygen atoms in total. The molecule has 0 heterocycles. The molecule has 0 radical (unpaired) electrons. The van der Waals surface area contributed by atoms with Crippen LogP contribution in [0.15, 0.2) is 11.6 Å². The second-order valence-electron chi connectivity index (χ2n) is 1.24. The van der Waals surface area contributed by atoms with E-state index in [2.05, 4.69) is 0 Å².